The Balaban J connectivity index is 2.09. The zero-order chi connectivity index (χ0) is 20.7. The number of benzene rings is 2. The van der Waals surface area contributed by atoms with Gasteiger partial charge in [-0.2, -0.15) is 0 Å². The van der Waals surface area contributed by atoms with Crippen molar-refractivity contribution in [3.8, 4) is 0 Å². The Hall–Kier alpha value is -2.62. The molecule has 2 aromatic rings. The van der Waals surface area contributed by atoms with Crippen LogP contribution < -0.4 is 5.32 Å². The van der Waals surface area contributed by atoms with E-state index in [2.05, 4.69) is 43.4 Å². The number of aryl methyl sites for hydroxylation is 2. The van der Waals surface area contributed by atoms with Gasteiger partial charge in [0, 0.05) is 20.0 Å². The van der Waals surface area contributed by atoms with E-state index in [1.807, 2.05) is 31.2 Å². The van der Waals surface area contributed by atoms with Crippen molar-refractivity contribution in [3.63, 3.8) is 0 Å². The second kappa shape index (κ2) is 10.1. The molecule has 2 rings (SSSR count). The van der Waals surface area contributed by atoms with Crippen molar-refractivity contribution in [2.45, 2.75) is 59.0 Å². The van der Waals surface area contributed by atoms with Crippen LogP contribution in [0.1, 0.15) is 55.4 Å². The monoisotopic (exact) mass is 380 g/mol. The number of likely N-dealkylation sites (N-methyl/N-ethyl adjacent to an activating group) is 1. The van der Waals surface area contributed by atoms with Crippen molar-refractivity contribution in [2.24, 2.45) is 0 Å². The maximum atomic E-state index is 13.0. The Labute approximate surface area is 169 Å². The summed E-state index contributed by atoms with van der Waals surface area (Å²) in [5.41, 5.74) is 4.63. The molecule has 0 radical (unpaired) electrons. The number of amides is 2. The number of hydrogen-bond donors (Lipinski definition) is 1. The van der Waals surface area contributed by atoms with Crippen molar-refractivity contribution in [3.05, 3.63) is 70.8 Å². The molecule has 0 aromatic heterocycles. The number of nitrogens with one attached hydrogen (secondary N) is 1. The van der Waals surface area contributed by atoms with Crippen molar-refractivity contribution < 1.29 is 9.59 Å². The first-order valence-electron chi connectivity index (χ1n) is 9.97. The molecular formula is C24H32N2O2. The quantitative estimate of drug-likeness (QED) is 0.746. The Bertz CT molecular complexity index is 779. The molecule has 28 heavy (non-hydrogen) atoms. The van der Waals surface area contributed by atoms with Gasteiger partial charge < -0.3 is 10.2 Å². The van der Waals surface area contributed by atoms with E-state index in [-0.39, 0.29) is 11.8 Å². The number of carbonyl (C=O) groups excluding carboxylic acids is 2. The van der Waals surface area contributed by atoms with Crippen LogP contribution in [0.25, 0.3) is 0 Å². The third kappa shape index (κ3) is 5.95. The average Bonchev–Trinajstić information content (AvgIpc) is 2.70. The number of hydrogen-bond acceptors (Lipinski definition) is 2. The van der Waals surface area contributed by atoms with Crippen LogP contribution in [0.3, 0.4) is 0 Å². The molecule has 2 aromatic carbocycles. The minimum atomic E-state index is -0.512. The summed E-state index contributed by atoms with van der Waals surface area (Å²) in [4.78, 5) is 26.8. The molecule has 150 valence electrons. The molecule has 4 nitrogen and oxygen atoms in total. The maximum Gasteiger partial charge on any atom is 0.242 e. The topological polar surface area (TPSA) is 49.4 Å². The average molecular weight is 381 g/mol. The van der Waals surface area contributed by atoms with E-state index in [1.165, 1.54) is 11.1 Å². The molecule has 0 spiro atoms. The first kappa shape index (κ1) is 21.7. The normalized spacial score (nSPS) is 11.9. The van der Waals surface area contributed by atoms with Crippen molar-refractivity contribution in [1.82, 2.24) is 10.2 Å². The molecule has 0 saturated heterocycles. The van der Waals surface area contributed by atoms with Gasteiger partial charge in [0.2, 0.25) is 11.8 Å². The molecule has 1 unspecified atom stereocenters. The summed E-state index contributed by atoms with van der Waals surface area (Å²) in [7, 11) is 1.60. The fraction of sp³-hybridized carbons (Fsp3) is 0.417. The van der Waals surface area contributed by atoms with Gasteiger partial charge in [0.05, 0.1) is 0 Å². The zero-order valence-electron chi connectivity index (χ0n) is 17.7. The highest BCUT2D eigenvalue weighted by Crippen LogP contribution is 2.17. The highest BCUT2D eigenvalue weighted by Gasteiger charge is 2.25. The zero-order valence-corrected chi connectivity index (χ0v) is 17.7. The largest absolute Gasteiger partial charge is 0.357 e. The molecule has 0 aliphatic heterocycles. The van der Waals surface area contributed by atoms with Crippen LogP contribution in [0.5, 0.6) is 0 Å². The van der Waals surface area contributed by atoms with Gasteiger partial charge in [0.25, 0.3) is 0 Å². The van der Waals surface area contributed by atoms with E-state index in [1.54, 1.807) is 18.9 Å². The van der Waals surface area contributed by atoms with Crippen molar-refractivity contribution >= 4 is 11.8 Å². The predicted octanol–water partition coefficient (Wildman–Crippen LogP) is 4.21. The summed E-state index contributed by atoms with van der Waals surface area (Å²) in [5, 5.41) is 2.65. The lowest BCUT2D eigenvalue weighted by molar-refractivity contribution is -0.140. The van der Waals surface area contributed by atoms with Gasteiger partial charge in [-0.15, -0.1) is 0 Å². The molecule has 0 saturated carbocycles. The van der Waals surface area contributed by atoms with Gasteiger partial charge in [-0.3, -0.25) is 9.59 Å². The van der Waals surface area contributed by atoms with E-state index >= 15 is 0 Å². The van der Waals surface area contributed by atoms with Crippen LogP contribution in [-0.2, 0) is 22.6 Å². The molecule has 4 heteroatoms. The maximum absolute atomic E-state index is 13.0. The first-order chi connectivity index (χ1) is 13.3. The van der Waals surface area contributed by atoms with E-state index in [0.717, 1.165) is 11.1 Å². The summed E-state index contributed by atoms with van der Waals surface area (Å²) < 4.78 is 0. The second-order valence-corrected chi connectivity index (χ2v) is 7.69. The van der Waals surface area contributed by atoms with Crippen LogP contribution in [0, 0.1) is 6.92 Å². The van der Waals surface area contributed by atoms with E-state index in [4.69, 9.17) is 0 Å². The molecule has 2 amide bonds. The number of nitrogens with zero attached hydrogens (tertiary/aromatic N) is 1. The summed E-state index contributed by atoms with van der Waals surface area (Å²) in [6.45, 7) is 8.58. The molecule has 0 fully saturated rings. The molecule has 0 heterocycles. The Morgan fingerprint density at radius 1 is 0.929 bits per heavy atom. The van der Waals surface area contributed by atoms with Gasteiger partial charge in [-0.25, -0.2) is 0 Å². The minimum Gasteiger partial charge on any atom is -0.357 e. The van der Waals surface area contributed by atoms with Gasteiger partial charge in [0.15, 0.2) is 0 Å². The molecule has 0 aliphatic carbocycles. The predicted molar refractivity (Wildman–Crippen MR) is 114 cm³/mol. The standard InChI is InChI=1S/C24H32N2O2/c1-17(2)22-13-10-20(11-14-22)12-15-23(27)26(19(4)24(28)25-5)16-21-8-6-18(3)7-9-21/h6-11,13-14,17,19H,12,15-16H2,1-5H3,(H,25,28). The smallest absolute Gasteiger partial charge is 0.242 e. The molecule has 1 atom stereocenters. The van der Waals surface area contributed by atoms with Gasteiger partial charge in [0.1, 0.15) is 6.04 Å². The van der Waals surface area contributed by atoms with E-state index in [9.17, 15) is 9.59 Å². The van der Waals surface area contributed by atoms with Crippen molar-refractivity contribution in [1.29, 1.82) is 0 Å². The van der Waals surface area contributed by atoms with Crippen LogP contribution in [-0.4, -0.2) is 29.8 Å². The van der Waals surface area contributed by atoms with Gasteiger partial charge >= 0.3 is 0 Å². The third-order valence-electron chi connectivity index (χ3n) is 5.16. The Morgan fingerprint density at radius 3 is 2.04 bits per heavy atom. The highest BCUT2D eigenvalue weighted by molar-refractivity contribution is 5.87. The van der Waals surface area contributed by atoms with Crippen LogP contribution in [0.2, 0.25) is 0 Å². The van der Waals surface area contributed by atoms with Crippen LogP contribution in [0.15, 0.2) is 48.5 Å². The minimum absolute atomic E-state index is 0.00962. The van der Waals surface area contributed by atoms with Gasteiger partial charge in [-0.1, -0.05) is 67.9 Å². The number of rotatable bonds is 8. The fourth-order valence-electron chi connectivity index (χ4n) is 3.15. The molecular weight excluding hydrogens is 348 g/mol. The molecule has 0 bridgehead atoms. The molecule has 1 N–H and O–H groups in total. The summed E-state index contributed by atoms with van der Waals surface area (Å²) in [5.74, 6) is 0.334. The lowest BCUT2D eigenvalue weighted by Gasteiger charge is -2.28. The van der Waals surface area contributed by atoms with Crippen molar-refractivity contribution in [2.75, 3.05) is 7.05 Å². The Morgan fingerprint density at radius 2 is 1.50 bits per heavy atom. The summed E-state index contributed by atoms with van der Waals surface area (Å²) in [6, 6.07) is 16.0. The van der Waals surface area contributed by atoms with Crippen LogP contribution in [0.4, 0.5) is 0 Å². The molecule has 0 aliphatic rings. The van der Waals surface area contributed by atoms with Crippen LogP contribution >= 0.6 is 0 Å². The first-order valence-corrected chi connectivity index (χ1v) is 9.97. The van der Waals surface area contributed by atoms with E-state index in [0.29, 0.717) is 25.3 Å². The lowest BCUT2D eigenvalue weighted by atomic mass is 10.00. The second-order valence-electron chi connectivity index (χ2n) is 7.69. The SMILES string of the molecule is CNC(=O)C(C)N(Cc1ccc(C)cc1)C(=O)CCc1ccc(C(C)C)cc1. The fourth-order valence-corrected chi connectivity index (χ4v) is 3.15. The lowest BCUT2D eigenvalue weighted by Crippen LogP contribution is -2.46. The Kier molecular flexibility index (Phi) is 7.80. The highest BCUT2D eigenvalue weighted by atomic mass is 16.2. The van der Waals surface area contributed by atoms with Gasteiger partial charge in [-0.05, 0) is 42.9 Å². The number of carbonyl (C=O) groups is 2. The third-order valence-corrected chi connectivity index (χ3v) is 5.16. The summed E-state index contributed by atoms with van der Waals surface area (Å²) >= 11 is 0. The summed E-state index contributed by atoms with van der Waals surface area (Å²) in [6.07, 6.45) is 1.05. The van der Waals surface area contributed by atoms with E-state index < -0.39 is 6.04 Å².